The Labute approximate surface area is 87.5 Å². The molecule has 0 spiro atoms. The summed E-state index contributed by atoms with van der Waals surface area (Å²) in [4.78, 5) is 2.98. The highest BCUT2D eigenvalue weighted by Crippen LogP contribution is 2.09. The van der Waals surface area contributed by atoms with Gasteiger partial charge in [0.1, 0.15) is 0 Å². The van der Waals surface area contributed by atoms with Crippen LogP contribution in [0.3, 0.4) is 0 Å². The van der Waals surface area contributed by atoms with Crippen LogP contribution in [0.25, 0.3) is 0 Å². The van der Waals surface area contributed by atoms with Crippen molar-refractivity contribution in [3.63, 3.8) is 0 Å². The van der Waals surface area contributed by atoms with Gasteiger partial charge in [-0.05, 0) is 19.4 Å². The number of thiocarbonyl (C=S) groups is 1. The highest BCUT2D eigenvalue weighted by atomic mass is 32.1. The van der Waals surface area contributed by atoms with Crippen molar-refractivity contribution in [3.8, 4) is 0 Å². The zero-order chi connectivity index (χ0) is 10.4. The number of hydrogen-bond acceptors (Lipinski definition) is 2. The minimum Gasteiger partial charge on any atom is -0.393 e. The van der Waals surface area contributed by atoms with E-state index in [-0.39, 0.29) is 0 Å². The molecule has 0 amide bonds. The zero-order valence-corrected chi connectivity index (χ0v) is 10.0. The summed E-state index contributed by atoms with van der Waals surface area (Å²) in [7, 11) is 2.15. The van der Waals surface area contributed by atoms with Crippen LogP contribution in [0.1, 0.15) is 33.6 Å². The average Bonchev–Trinajstić information content (AvgIpc) is 1.98. The molecule has 0 aromatic heterocycles. The maximum atomic E-state index is 5.54. The third kappa shape index (κ3) is 5.99. The molecule has 0 aromatic rings. The van der Waals surface area contributed by atoms with Crippen LogP contribution in [-0.2, 0) is 0 Å². The molecular weight excluding hydrogens is 180 g/mol. The van der Waals surface area contributed by atoms with Crippen molar-refractivity contribution in [2.75, 3.05) is 13.6 Å². The number of hydrogen-bond donors (Lipinski definition) is 1. The summed E-state index contributed by atoms with van der Waals surface area (Å²) < 4.78 is 0. The molecular formula is C10H22N2S. The van der Waals surface area contributed by atoms with E-state index in [9.17, 15) is 0 Å². The van der Waals surface area contributed by atoms with Gasteiger partial charge in [0.15, 0.2) is 0 Å². The lowest BCUT2D eigenvalue weighted by atomic mass is 10.1. The van der Waals surface area contributed by atoms with E-state index in [1.165, 1.54) is 0 Å². The highest BCUT2D eigenvalue weighted by Gasteiger charge is 2.14. The van der Waals surface area contributed by atoms with Gasteiger partial charge in [-0.3, -0.25) is 0 Å². The lowest BCUT2D eigenvalue weighted by Gasteiger charge is -2.28. The van der Waals surface area contributed by atoms with Gasteiger partial charge in [-0.25, -0.2) is 0 Å². The van der Waals surface area contributed by atoms with Gasteiger partial charge < -0.3 is 10.6 Å². The van der Waals surface area contributed by atoms with Gasteiger partial charge in [0.25, 0.3) is 0 Å². The van der Waals surface area contributed by atoms with E-state index < -0.39 is 0 Å². The molecule has 0 aliphatic rings. The van der Waals surface area contributed by atoms with Crippen LogP contribution in [0.15, 0.2) is 0 Å². The second kappa shape index (κ2) is 6.33. The molecule has 0 saturated heterocycles. The lowest BCUT2D eigenvalue weighted by Crippen LogP contribution is -2.36. The van der Waals surface area contributed by atoms with E-state index in [0.717, 1.165) is 19.4 Å². The van der Waals surface area contributed by atoms with Crippen molar-refractivity contribution >= 4 is 17.2 Å². The van der Waals surface area contributed by atoms with Crippen molar-refractivity contribution in [3.05, 3.63) is 0 Å². The Hall–Kier alpha value is -0.150. The molecule has 78 valence electrons. The van der Waals surface area contributed by atoms with Gasteiger partial charge in [-0.1, -0.05) is 33.0 Å². The van der Waals surface area contributed by atoms with Crippen LogP contribution < -0.4 is 5.73 Å². The molecule has 0 aliphatic carbocycles. The Morgan fingerprint density at radius 3 is 2.31 bits per heavy atom. The minimum atomic E-state index is 0.514. The summed E-state index contributed by atoms with van der Waals surface area (Å²) in [6.07, 6.45) is 1.95. The average molecular weight is 202 g/mol. The van der Waals surface area contributed by atoms with Crippen molar-refractivity contribution in [2.45, 2.75) is 39.7 Å². The van der Waals surface area contributed by atoms with Gasteiger partial charge >= 0.3 is 0 Å². The SMILES string of the molecule is CCC(CC(N)=S)N(C)CC(C)C. The molecule has 0 aromatic carbocycles. The van der Waals surface area contributed by atoms with Gasteiger partial charge in [0, 0.05) is 19.0 Å². The topological polar surface area (TPSA) is 29.3 Å². The van der Waals surface area contributed by atoms with E-state index in [4.69, 9.17) is 18.0 Å². The fraction of sp³-hybridized carbons (Fsp3) is 0.900. The van der Waals surface area contributed by atoms with Gasteiger partial charge in [0.05, 0.1) is 4.99 Å². The molecule has 0 fully saturated rings. The van der Waals surface area contributed by atoms with Gasteiger partial charge in [-0.15, -0.1) is 0 Å². The van der Waals surface area contributed by atoms with Crippen LogP contribution in [0.2, 0.25) is 0 Å². The molecule has 1 atom stereocenters. The second-order valence-corrected chi connectivity index (χ2v) is 4.59. The first kappa shape index (κ1) is 12.8. The summed E-state index contributed by atoms with van der Waals surface area (Å²) in [5, 5.41) is 0. The molecule has 3 heteroatoms. The van der Waals surface area contributed by atoms with Crippen molar-refractivity contribution in [2.24, 2.45) is 11.7 Å². The van der Waals surface area contributed by atoms with Crippen molar-refractivity contribution in [1.82, 2.24) is 4.90 Å². The van der Waals surface area contributed by atoms with Gasteiger partial charge in [0.2, 0.25) is 0 Å². The molecule has 0 heterocycles. The van der Waals surface area contributed by atoms with E-state index >= 15 is 0 Å². The van der Waals surface area contributed by atoms with Crippen molar-refractivity contribution < 1.29 is 0 Å². The monoisotopic (exact) mass is 202 g/mol. The number of nitrogens with zero attached hydrogens (tertiary/aromatic N) is 1. The van der Waals surface area contributed by atoms with Crippen LogP contribution >= 0.6 is 12.2 Å². The summed E-state index contributed by atoms with van der Waals surface area (Å²) in [6.45, 7) is 7.74. The molecule has 2 N–H and O–H groups in total. The number of nitrogens with two attached hydrogens (primary N) is 1. The third-order valence-electron chi connectivity index (χ3n) is 2.18. The first-order valence-corrected chi connectivity index (χ1v) is 5.36. The lowest BCUT2D eigenvalue weighted by molar-refractivity contribution is 0.216. The fourth-order valence-electron chi connectivity index (χ4n) is 1.57. The summed E-state index contributed by atoms with van der Waals surface area (Å²) in [5.41, 5.74) is 5.54. The molecule has 0 bridgehead atoms. The van der Waals surface area contributed by atoms with E-state index in [0.29, 0.717) is 16.9 Å². The minimum absolute atomic E-state index is 0.514. The second-order valence-electron chi connectivity index (χ2n) is 4.07. The van der Waals surface area contributed by atoms with Crippen molar-refractivity contribution in [1.29, 1.82) is 0 Å². The first-order chi connectivity index (χ1) is 5.97. The van der Waals surface area contributed by atoms with Crippen LogP contribution in [-0.4, -0.2) is 29.5 Å². The molecule has 0 saturated carbocycles. The molecule has 0 radical (unpaired) electrons. The van der Waals surface area contributed by atoms with Gasteiger partial charge in [-0.2, -0.15) is 0 Å². The third-order valence-corrected chi connectivity index (χ3v) is 2.35. The quantitative estimate of drug-likeness (QED) is 0.668. The zero-order valence-electron chi connectivity index (χ0n) is 9.21. The molecule has 0 rings (SSSR count). The Kier molecular flexibility index (Phi) is 6.25. The van der Waals surface area contributed by atoms with E-state index in [2.05, 4.69) is 32.7 Å². The normalized spacial score (nSPS) is 13.7. The maximum Gasteiger partial charge on any atom is 0.0743 e. The molecule has 1 unspecified atom stereocenters. The largest absolute Gasteiger partial charge is 0.393 e. The molecule has 13 heavy (non-hydrogen) atoms. The van der Waals surface area contributed by atoms with Crippen LogP contribution in [0, 0.1) is 5.92 Å². The predicted molar refractivity (Wildman–Crippen MR) is 62.9 cm³/mol. The van der Waals surface area contributed by atoms with E-state index in [1.54, 1.807) is 0 Å². The van der Waals surface area contributed by atoms with E-state index in [1.807, 2.05) is 0 Å². The maximum absolute atomic E-state index is 5.54. The predicted octanol–water partition coefficient (Wildman–Crippen LogP) is 2.03. The summed E-state index contributed by atoms with van der Waals surface area (Å²) in [5.74, 6) is 0.699. The standard InChI is InChI=1S/C10H22N2S/c1-5-9(6-10(11)13)12(4)7-8(2)3/h8-9H,5-7H2,1-4H3,(H2,11,13). The fourth-order valence-corrected chi connectivity index (χ4v) is 1.76. The summed E-state index contributed by atoms with van der Waals surface area (Å²) >= 11 is 4.92. The molecule has 2 nitrogen and oxygen atoms in total. The Morgan fingerprint density at radius 1 is 1.46 bits per heavy atom. The first-order valence-electron chi connectivity index (χ1n) is 4.95. The Balaban J connectivity index is 3.98. The summed E-state index contributed by atoms with van der Waals surface area (Å²) in [6, 6.07) is 0.514. The van der Waals surface area contributed by atoms with Crippen LogP contribution in [0.5, 0.6) is 0 Å². The Morgan fingerprint density at radius 2 is 2.00 bits per heavy atom. The highest BCUT2D eigenvalue weighted by molar-refractivity contribution is 7.80. The number of rotatable bonds is 6. The van der Waals surface area contributed by atoms with Crippen LogP contribution in [0.4, 0.5) is 0 Å². The Bertz CT molecular complexity index is 157. The smallest absolute Gasteiger partial charge is 0.0743 e. The molecule has 0 aliphatic heterocycles.